The fourth-order valence-electron chi connectivity index (χ4n) is 6.10. The van der Waals surface area contributed by atoms with Crippen molar-refractivity contribution in [2.75, 3.05) is 33.3 Å². The van der Waals surface area contributed by atoms with Crippen molar-refractivity contribution in [2.24, 2.45) is 0 Å². The molecule has 0 aliphatic heterocycles. The highest BCUT2D eigenvalue weighted by Crippen LogP contribution is 2.17. The second kappa shape index (κ2) is 35.2. The molecule has 0 bridgehead atoms. The number of amides is 1. The summed E-state index contributed by atoms with van der Waals surface area (Å²) >= 11 is 0. The van der Waals surface area contributed by atoms with Crippen LogP contribution in [0, 0.1) is 0 Å². The van der Waals surface area contributed by atoms with Gasteiger partial charge in [-0.25, -0.2) is 5.06 Å². The molecule has 0 aliphatic carbocycles. The van der Waals surface area contributed by atoms with Gasteiger partial charge in [0, 0.05) is 26.3 Å². The maximum Gasteiger partial charge on any atom is 0.306 e. The van der Waals surface area contributed by atoms with Crippen molar-refractivity contribution in [3.05, 3.63) is 0 Å². The maximum absolute atomic E-state index is 12.5. The minimum absolute atomic E-state index is 0.0238. The van der Waals surface area contributed by atoms with Gasteiger partial charge in [0.15, 0.2) is 0 Å². The average molecular weight is 683 g/mol. The summed E-state index contributed by atoms with van der Waals surface area (Å²) in [5, 5.41) is 10.1. The molecule has 0 aromatic rings. The summed E-state index contributed by atoms with van der Waals surface area (Å²) in [6.45, 7) is 10.1. The molecule has 0 saturated carbocycles. The number of esters is 2. The van der Waals surface area contributed by atoms with E-state index in [0.717, 1.165) is 135 Å². The number of carbonyl (C=O) groups excluding carboxylic acids is 3. The van der Waals surface area contributed by atoms with Gasteiger partial charge in [0.2, 0.25) is 5.91 Å². The second-order valence-corrected chi connectivity index (χ2v) is 14.0. The predicted octanol–water partition coefficient (Wildman–Crippen LogP) is 10.6. The third-order valence-corrected chi connectivity index (χ3v) is 9.25. The van der Waals surface area contributed by atoms with Crippen LogP contribution in [0.15, 0.2) is 0 Å². The van der Waals surface area contributed by atoms with Gasteiger partial charge in [-0.05, 0) is 77.4 Å². The van der Waals surface area contributed by atoms with Crippen LogP contribution in [0.4, 0.5) is 0 Å². The van der Waals surface area contributed by atoms with E-state index in [1.807, 2.05) is 0 Å². The van der Waals surface area contributed by atoms with Crippen LogP contribution in [0.2, 0.25) is 0 Å². The van der Waals surface area contributed by atoms with Gasteiger partial charge in [0.1, 0.15) is 6.10 Å². The quantitative estimate of drug-likeness (QED) is 0.0304. The highest BCUT2D eigenvalue weighted by molar-refractivity contribution is 5.74. The van der Waals surface area contributed by atoms with Crippen LogP contribution in [-0.4, -0.2) is 72.4 Å². The second-order valence-electron chi connectivity index (χ2n) is 14.0. The first kappa shape index (κ1) is 46.3. The molecule has 8 heteroatoms. The number of unbranched alkanes of at least 4 members (excludes halogenated alkanes) is 17. The largest absolute Gasteiger partial charge is 0.466 e. The van der Waals surface area contributed by atoms with Crippen LogP contribution < -0.4 is 0 Å². The van der Waals surface area contributed by atoms with E-state index in [1.165, 1.54) is 52.0 Å². The number of nitrogens with zero attached hydrogens (tertiary/aromatic N) is 2. The summed E-state index contributed by atoms with van der Waals surface area (Å²) in [4.78, 5) is 38.8. The summed E-state index contributed by atoms with van der Waals surface area (Å²) in [5.74, 6) is -0.321. The smallest absolute Gasteiger partial charge is 0.306 e. The van der Waals surface area contributed by atoms with Gasteiger partial charge in [-0.3, -0.25) is 19.6 Å². The Hall–Kier alpha value is -1.67. The molecule has 1 N–H and O–H groups in total. The molecular weight excluding hydrogens is 604 g/mol. The lowest BCUT2D eigenvalue weighted by molar-refractivity contribution is -0.159. The fourth-order valence-corrected chi connectivity index (χ4v) is 6.10. The molecule has 0 fully saturated rings. The molecule has 1 atom stereocenters. The van der Waals surface area contributed by atoms with Crippen molar-refractivity contribution in [2.45, 2.75) is 207 Å². The topological polar surface area (TPSA) is 96.4 Å². The lowest BCUT2D eigenvalue weighted by Gasteiger charge is -2.22. The molecule has 0 radical (unpaired) electrons. The van der Waals surface area contributed by atoms with E-state index in [0.29, 0.717) is 30.9 Å². The van der Waals surface area contributed by atoms with E-state index in [4.69, 9.17) is 9.47 Å². The Morgan fingerprint density at radius 3 is 1.56 bits per heavy atom. The SMILES string of the molecule is CCCCCCCCOC(=O)CCCCCCCN(CCCCCCCC(=O)OC(CCCC)CCCCCC)CCCC(=O)N(C)O. The molecular formula is C40H78N2O6. The highest BCUT2D eigenvalue weighted by Gasteiger charge is 2.14. The van der Waals surface area contributed by atoms with E-state index in [2.05, 4.69) is 25.7 Å². The molecule has 0 saturated heterocycles. The van der Waals surface area contributed by atoms with E-state index in [-0.39, 0.29) is 23.9 Å². The zero-order valence-electron chi connectivity index (χ0n) is 32.1. The third-order valence-electron chi connectivity index (χ3n) is 9.25. The minimum atomic E-state index is -0.243. The minimum Gasteiger partial charge on any atom is -0.466 e. The Balaban J connectivity index is 4.18. The summed E-state index contributed by atoms with van der Waals surface area (Å²) in [6, 6.07) is 0. The molecule has 1 unspecified atom stereocenters. The molecule has 0 aromatic heterocycles. The molecule has 1 amide bonds. The van der Waals surface area contributed by atoms with Gasteiger partial charge < -0.3 is 14.4 Å². The Bertz CT molecular complexity index is 747. The molecule has 0 rings (SSSR count). The predicted molar refractivity (Wildman–Crippen MR) is 198 cm³/mol. The molecule has 0 aromatic carbocycles. The van der Waals surface area contributed by atoms with Crippen LogP contribution >= 0.6 is 0 Å². The van der Waals surface area contributed by atoms with Crippen LogP contribution in [-0.2, 0) is 23.9 Å². The van der Waals surface area contributed by atoms with Crippen LogP contribution in [0.25, 0.3) is 0 Å². The van der Waals surface area contributed by atoms with Gasteiger partial charge >= 0.3 is 11.9 Å². The standard InChI is InChI=1S/C40H78N2O6/c1-5-8-11-13-20-26-36-47-39(44)31-22-16-14-18-24-33-42(35-27-30-38(43)41(4)46)34-25-19-15-17-23-32-40(45)48-37(28-10-7-3)29-21-12-9-6-2/h37,46H,5-36H2,1-4H3. The number of hydroxylamine groups is 2. The molecule has 8 nitrogen and oxygen atoms in total. The lowest BCUT2D eigenvalue weighted by Crippen LogP contribution is -2.29. The summed E-state index contributed by atoms with van der Waals surface area (Å²) < 4.78 is 11.3. The van der Waals surface area contributed by atoms with Crippen molar-refractivity contribution in [1.82, 2.24) is 9.96 Å². The van der Waals surface area contributed by atoms with Gasteiger partial charge in [-0.1, -0.05) is 124 Å². The van der Waals surface area contributed by atoms with Crippen molar-refractivity contribution in [3.63, 3.8) is 0 Å². The van der Waals surface area contributed by atoms with Gasteiger partial charge in [-0.2, -0.15) is 0 Å². The third kappa shape index (κ3) is 31.6. The zero-order chi connectivity index (χ0) is 35.5. The van der Waals surface area contributed by atoms with Crippen molar-refractivity contribution in [3.8, 4) is 0 Å². The first-order valence-corrected chi connectivity index (χ1v) is 20.4. The summed E-state index contributed by atoms with van der Waals surface area (Å²) in [7, 11) is 1.38. The number of carbonyl (C=O) groups is 3. The van der Waals surface area contributed by atoms with E-state index in [1.54, 1.807) is 0 Å². The number of ether oxygens (including phenoxy) is 2. The molecule has 0 aliphatic rings. The Kier molecular flexibility index (Phi) is 33.9. The van der Waals surface area contributed by atoms with E-state index in [9.17, 15) is 19.6 Å². The van der Waals surface area contributed by atoms with Crippen molar-refractivity contribution < 1.29 is 29.1 Å². The molecule has 0 spiro atoms. The number of hydrogen-bond donors (Lipinski definition) is 1. The zero-order valence-corrected chi connectivity index (χ0v) is 32.1. The normalized spacial score (nSPS) is 12.0. The van der Waals surface area contributed by atoms with Crippen molar-refractivity contribution in [1.29, 1.82) is 0 Å². The van der Waals surface area contributed by atoms with Gasteiger partial charge in [0.05, 0.1) is 6.61 Å². The van der Waals surface area contributed by atoms with Gasteiger partial charge in [0.25, 0.3) is 0 Å². The van der Waals surface area contributed by atoms with Crippen LogP contribution in [0.1, 0.15) is 201 Å². The highest BCUT2D eigenvalue weighted by atomic mass is 16.5. The van der Waals surface area contributed by atoms with Crippen LogP contribution in [0.3, 0.4) is 0 Å². The monoisotopic (exact) mass is 683 g/mol. The maximum atomic E-state index is 12.5. The Morgan fingerprint density at radius 2 is 0.979 bits per heavy atom. The summed E-state index contributed by atoms with van der Waals surface area (Å²) in [6.07, 6.45) is 29.1. The molecule has 0 heterocycles. The average Bonchev–Trinajstić information content (AvgIpc) is 3.07. The van der Waals surface area contributed by atoms with E-state index >= 15 is 0 Å². The van der Waals surface area contributed by atoms with Crippen LogP contribution in [0.5, 0.6) is 0 Å². The number of rotatable bonds is 36. The van der Waals surface area contributed by atoms with Gasteiger partial charge in [-0.15, -0.1) is 0 Å². The first-order chi connectivity index (χ1) is 23.3. The Labute approximate surface area is 296 Å². The van der Waals surface area contributed by atoms with Crippen molar-refractivity contribution >= 4 is 17.8 Å². The van der Waals surface area contributed by atoms with E-state index < -0.39 is 0 Å². The number of hydrogen-bond acceptors (Lipinski definition) is 7. The Morgan fingerprint density at radius 1 is 0.521 bits per heavy atom. The molecule has 48 heavy (non-hydrogen) atoms. The first-order valence-electron chi connectivity index (χ1n) is 20.4. The molecule has 284 valence electrons. The summed E-state index contributed by atoms with van der Waals surface area (Å²) in [5.41, 5.74) is 0. The lowest BCUT2D eigenvalue weighted by atomic mass is 10.0. The fraction of sp³-hybridized carbons (Fsp3) is 0.925.